The fourth-order valence-corrected chi connectivity index (χ4v) is 3.25. The second-order valence-electron chi connectivity index (χ2n) is 6.61. The lowest BCUT2D eigenvalue weighted by Crippen LogP contribution is -2.48. The number of aryl methyl sites for hydroxylation is 1. The molecule has 2 fully saturated rings. The van der Waals surface area contributed by atoms with Gasteiger partial charge in [-0.05, 0) is 19.8 Å². The van der Waals surface area contributed by atoms with Crippen molar-refractivity contribution in [1.82, 2.24) is 20.0 Å². The summed E-state index contributed by atoms with van der Waals surface area (Å²) in [6, 6.07) is 0. The summed E-state index contributed by atoms with van der Waals surface area (Å²) in [7, 11) is 0. The SMILES string of the molecule is Cc1csc(NC(=O)CN2CC(c3nc(C4CC4)no3)C2)n1.O=C(O)C(=O)O. The number of amides is 1. The molecule has 0 spiro atoms. The van der Waals surface area contributed by atoms with Gasteiger partial charge in [0, 0.05) is 24.4 Å². The van der Waals surface area contributed by atoms with Crippen LogP contribution in [0.2, 0.25) is 0 Å². The first-order valence-electron chi connectivity index (χ1n) is 8.56. The first kappa shape index (κ1) is 19.9. The van der Waals surface area contributed by atoms with Crippen LogP contribution in [0.3, 0.4) is 0 Å². The predicted octanol–water partition coefficient (Wildman–Crippen LogP) is 0.905. The maximum atomic E-state index is 11.9. The molecular weight excluding hydrogens is 390 g/mol. The number of rotatable bonds is 5. The van der Waals surface area contributed by atoms with Crippen molar-refractivity contribution in [2.45, 2.75) is 31.6 Å². The van der Waals surface area contributed by atoms with Crippen molar-refractivity contribution in [1.29, 1.82) is 0 Å². The zero-order chi connectivity index (χ0) is 20.3. The van der Waals surface area contributed by atoms with E-state index in [9.17, 15) is 4.79 Å². The van der Waals surface area contributed by atoms with Gasteiger partial charge < -0.3 is 20.1 Å². The van der Waals surface area contributed by atoms with Crippen molar-refractivity contribution >= 4 is 34.3 Å². The van der Waals surface area contributed by atoms with Crippen LogP contribution in [0.15, 0.2) is 9.90 Å². The number of carboxylic acids is 2. The maximum Gasteiger partial charge on any atom is 0.414 e. The Morgan fingerprint density at radius 2 is 1.89 bits per heavy atom. The number of nitrogens with one attached hydrogen (secondary N) is 1. The standard InChI is InChI=1S/C14H17N5O2S.C2H2O4/c1-8-7-22-14(15-8)16-11(20)6-19-4-10(5-19)13-17-12(18-21-13)9-2-3-9;3-1(4)2(5)6/h7,9-10H,2-6H2,1H3,(H,15,16,20);(H,3,4)(H,5,6). The summed E-state index contributed by atoms with van der Waals surface area (Å²) in [5.74, 6) is -1.34. The number of likely N-dealkylation sites (tertiary alicyclic amines) is 1. The molecule has 150 valence electrons. The van der Waals surface area contributed by atoms with E-state index >= 15 is 0 Å². The Labute approximate surface area is 163 Å². The number of hydrogen-bond acceptors (Lipinski definition) is 9. The molecule has 1 aliphatic heterocycles. The number of carbonyl (C=O) groups excluding carboxylic acids is 1. The van der Waals surface area contributed by atoms with Crippen LogP contribution in [0, 0.1) is 6.92 Å². The Hall–Kier alpha value is -2.86. The average molecular weight is 409 g/mol. The second kappa shape index (κ2) is 8.44. The quantitative estimate of drug-likeness (QED) is 0.606. The van der Waals surface area contributed by atoms with E-state index in [1.807, 2.05) is 12.3 Å². The fourth-order valence-electron chi connectivity index (χ4n) is 2.55. The van der Waals surface area contributed by atoms with Gasteiger partial charge in [0.1, 0.15) is 0 Å². The lowest BCUT2D eigenvalue weighted by atomic mass is 10.0. The van der Waals surface area contributed by atoms with E-state index in [0.29, 0.717) is 23.5 Å². The molecule has 3 heterocycles. The summed E-state index contributed by atoms with van der Waals surface area (Å²) in [5, 5.41) is 24.2. The van der Waals surface area contributed by atoms with Gasteiger partial charge in [-0.25, -0.2) is 14.6 Å². The minimum Gasteiger partial charge on any atom is -0.473 e. The molecule has 1 amide bonds. The molecule has 2 aliphatic rings. The zero-order valence-electron chi connectivity index (χ0n) is 15.0. The van der Waals surface area contributed by atoms with Gasteiger partial charge in [0.15, 0.2) is 11.0 Å². The van der Waals surface area contributed by atoms with Gasteiger partial charge in [0.25, 0.3) is 0 Å². The molecule has 4 rings (SSSR count). The number of hydrogen-bond donors (Lipinski definition) is 3. The van der Waals surface area contributed by atoms with Crippen molar-refractivity contribution in [3.05, 3.63) is 22.8 Å². The monoisotopic (exact) mass is 409 g/mol. The van der Waals surface area contributed by atoms with Gasteiger partial charge >= 0.3 is 11.9 Å². The van der Waals surface area contributed by atoms with E-state index in [1.165, 1.54) is 24.2 Å². The molecule has 0 radical (unpaired) electrons. The Kier molecular flexibility index (Phi) is 5.99. The van der Waals surface area contributed by atoms with Crippen LogP contribution in [-0.4, -0.2) is 67.7 Å². The van der Waals surface area contributed by atoms with Crippen LogP contribution in [0.5, 0.6) is 0 Å². The molecule has 2 aromatic rings. The third kappa shape index (κ3) is 5.33. The molecule has 0 bridgehead atoms. The Bertz CT molecular complexity index is 859. The van der Waals surface area contributed by atoms with Crippen LogP contribution < -0.4 is 5.32 Å². The minimum absolute atomic E-state index is 0.0306. The van der Waals surface area contributed by atoms with Crippen molar-refractivity contribution < 1.29 is 29.1 Å². The highest BCUT2D eigenvalue weighted by Crippen LogP contribution is 2.39. The molecule has 28 heavy (non-hydrogen) atoms. The average Bonchev–Trinajstić information content (AvgIpc) is 3.20. The number of aromatic nitrogens is 3. The second-order valence-corrected chi connectivity index (χ2v) is 7.47. The Morgan fingerprint density at radius 1 is 1.21 bits per heavy atom. The largest absolute Gasteiger partial charge is 0.473 e. The molecule has 12 heteroatoms. The van der Waals surface area contributed by atoms with E-state index in [0.717, 1.165) is 24.6 Å². The molecule has 3 N–H and O–H groups in total. The summed E-state index contributed by atoms with van der Waals surface area (Å²) in [5.41, 5.74) is 0.923. The molecule has 1 saturated heterocycles. The first-order chi connectivity index (χ1) is 13.3. The lowest BCUT2D eigenvalue weighted by molar-refractivity contribution is -0.159. The predicted molar refractivity (Wildman–Crippen MR) is 96.2 cm³/mol. The van der Waals surface area contributed by atoms with Gasteiger partial charge in [0.05, 0.1) is 18.2 Å². The van der Waals surface area contributed by atoms with E-state index in [4.69, 9.17) is 24.3 Å². The lowest BCUT2D eigenvalue weighted by Gasteiger charge is -2.36. The molecule has 1 aliphatic carbocycles. The number of carboxylic acid groups (broad SMARTS) is 2. The third-order valence-corrected chi connectivity index (χ3v) is 5.00. The highest BCUT2D eigenvalue weighted by atomic mass is 32.1. The molecule has 0 unspecified atom stereocenters. The number of nitrogens with zero attached hydrogens (tertiary/aromatic N) is 4. The van der Waals surface area contributed by atoms with E-state index in [2.05, 4.69) is 25.3 Å². The fraction of sp³-hybridized carbons (Fsp3) is 0.500. The van der Waals surface area contributed by atoms with Crippen LogP contribution in [-0.2, 0) is 14.4 Å². The number of anilines is 1. The van der Waals surface area contributed by atoms with E-state index < -0.39 is 11.9 Å². The van der Waals surface area contributed by atoms with Crippen LogP contribution in [0.25, 0.3) is 0 Å². The zero-order valence-corrected chi connectivity index (χ0v) is 15.8. The molecule has 11 nitrogen and oxygen atoms in total. The summed E-state index contributed by atoms with van der Waals surface area (Å²) >= 11 is 1.44. The number of aliphatic carboxylic acids is 2. The highest BCUT2D eigenvalue weighted by molar-refractivity contribution is 7.13. The first-order valence-corrected chi connectivity index (χ1v) is 9.44. The smallest absolute Gasteiger partial charge is 0.414 e. The van der Waals surface area contributed by atoms with Gasteiger partial charge in [0.2, 0.25) is 11.8 Å². The summed E-state index contributed by atoms with van der Waals surface area (Å²) < 4.78 is 5.32. The molecular formula is C16H19N5O6S. The molecule has 0 aromatic carbocycles. The van der Waals surface area contributed by atoms with Gasteiger partial charge in [-0.2, -0.15) is 4.98 Å². The van der Waals surface area contributed by atoms with Gasteiger partial charge in [-0.1, -0.05) is 5.16 Å². The summed E-state index contributed by atoms with van der Waals surface area (Å²) in [4.78, 5) is 40.9. The molecule has 0 atom stereocenters. The molecule has 2 aromatic heterocycles. The van der Waals surface area contributed by atoms with Gasteiger partial charge in [-0.3, -0.25) is 9.69 Å². The summed E-state index contributed by atoms with van der Waals surface area (Å²) in [6.45, 7) is 3.86. The third-order valence-electron chi connectivity index (χ3n) is 4.12. The highest BCUT2D eigenvalue weighted by Gasteiger charge is 2.35. The minimum atomic E-state index is -1.82. The van der Waals surface area contributed by atoms with Crippen LogP contribution in [0.1, 0.15) is 42.1 Å². The van der Waals surface area contributed by atoms with Crippen LogP contribution >= 0.6 is 11.3 Å². The maximum absolute atomic E-state index is 11.9. The van der Waals surface area contributed by atoms with E-state index in [-0.39, 0.29) is 11.8 Å². The molecule has 1 saturated carbocycles. The van der Waals surface area contributed by atoms with Gasteiger partial charge in [-0.15, -0.1) is 11.3 Å². The Balaban J connectivity index is 0.000000330. The number of carbonyl (C=O) groups is 3. The normalized spacial score (nSPS) is 16.6. The Morgan fingerprint density at radius 3 is 2.43 bits per heavy atom. The van der Waals surface area contributed by atoms with Crippen molar-refractivity contribution in [2.75, 3.05) is 25.0 Å². The van der Waals surface area contributed by atoms with Crippen molar-refractivity contribution in [3.63, 3.8) is 0 Å². The summed E-state index contributed by atoms with van der Waals surface area (Å²) in [6.07, 6.45) is 2.35. The van der Waals surface area contributed by atoms with Crippen LogP contribution in [0.4, 0.5) is 5.13 Å². The number of thiazole rings is 1. The van der Waals surface area contributed by atoms with E-state index in [1.54, 1.807) is 0 Å². The van der Waals surface area contributed by atoms with Crippen molar-refractivity contribution in [3.8, 4) is 0 Å². The topological polar surface area (TPSA) is 159 Å². The van der Waals surface area contributed by atoms with Crippen molar-refractivity contribution in [2.24, 2.45) is 0 Å².